The Labute approximate surface area is 72.1 Å². The van der Waals surface area contributed by atoms with Gasteiger partial charge in [-0.3, -0.25) is 4.55 Å². The lowest BCUT2D eigenvalue weighted by molar-refractivity contribution is 0.128. The summed E-state index contributed by atoms with van der Waals surface area (Å²) in [7, 11) is -3.85. The van der Waals surface area contributed by atoms with E-state index < -0.39 is 10.1 Å². The maximum Gasteiger partial charge on any atom is 0.264 e. The highest BCUT2D eigenvalue weighted by molar-refractivity contribution is 7.85. The number of ether oxygens (including phenoxy) is 1. The highest BCUT2D eigenvalue weighted by Gasteiger charge is 2.02. The van der Waals surface area contributed by atoms with Crippen LogP contribution >= 0.6 is 0 Å². The van der Waals surface area contributed by atoms with E-state index in [0.717, 1.165) is 6.61 Å². The largest absolute Gasteiger partial charge is 0.390 e. The first-order valence-electron chi connectivity index (χ1n) is 3.55. The number of aliphatic hydroxyl groups is 1. The predicted molar refractivity (Wildman–Crippen MR) is 42.7 cm³/mol. The van der Waals surface area contributed by atoms with E-state index in [1.54, 1.807) is 0 Å². The molecule has 1 radical (unpaired) electrons. The Morgan fingerprint density at radius 3 is 2.50 bits per heavy atom. The Kier molecular flexibility index (Phi) is 6.27. The van der Waals surface area contributed by atoms with Gasteiger partial charge in [0.1, 0.15) is 0 Å². The molecule has 0 spiro atoms. The molecular weight excluding hydrogens is 184 g/mol. The molecule has 0 bridgehead atoms. The molecule has 2 N–H and O–H groups in total. The van der Waals surface area contributed by atoms with Crippen LogP contribution in [-0.4, -0.2) is 37.0 Å². The predicted octanol–water partition coefficient (Wildman–Crippen LogP) is 0.205. The van der Waals surface area contributed by atoms with Crippen molar-refractivity contribution in [1.82, 2.24) is 0 Å². The minimum absolute atomic E-state index is 0.268. The second-order valence-corrected chi connectivity index (χ2v) is 3.80. The molecule has 6 heteroatoms. The Balaban J connectivity index is 3.12. The number of hydrogen-bond acceptors (Lipinski definition) is 4. The number of rotatable bonds is 7. The molecule has 0 heterocycles. The van der Waals surface area contributed by atoms with Gasteiger partial charge >= 0.3 is 0 Å². The third kappa shape index (κ3) is 9.83. The Bertz CT molecular complexity index is 186. The zero-order valence-corrected chi connectivity index (χ0v) is 7.46. The highest BCUT2D eigenvalue weighted by atomic mass is 32.2. The molecule has 12 heavy (non-hydrogen) atoms. The molecule has 0 rings (SSSR count). The fourth-order valence-corrected chi connectivity index (χ4v) is 1.06. The van der Waals surface area contributed by atoms with Crippen LogP contribution in [0.5, 0.6) is 0 Å². The van der Waals surface area contributed by atoms with Crippen LogP contribution in [0, 0.1) is 6.61 Å². The van der Waals surface area contributed by atoms with Gasteiger partial charge in [-0.05, 0) is 12.8 Å². The van der Waals surface area contributed by atoms with Gasteiger partial charge in [-0.1, -0.05) is 0 Å². The second-order valence-electron chi connectivity index (χ2n) is 2.22. The van der Waals surface area contributed by atoms with Crippen LogP contribution in [0.2, 0.25) is 0 Å². The summed E-state index contributed by atoms with van der Waals surface area (Å²) in [6.07, 6.45) is 0.691. The van der Waals surface area contributed by atoms with E-state index >= 15 is 0 Å². The summed E-state index contributed by atoms with van der Waals surface area (Å²) in [5.41, 5.74) is 0. The monoisotopic (exact) mass is 197 g/mol. The first-order chi connectivity index (χ1) is 5.56. The van der Waals surface area contributed by atoms with Crippen molar-refractivity contribution in [2.75, 3.05) is 19.0 Å². The lowest BCUT2D eigenvalue weighted by Gasteiger charge is -2.00. The van der Waals surface area contributed by atoms with Gasteiger partial charge in [0.05, 0.1) is 12.4 Å². The second kappa shape index (κ2) is 6.36. The first-order valence-corrected chi connectivity index (χ1v) is 5.16. The molecule has 0 atom stereocenters. The fourth-order valence-electron chi connectivity index (χ4n) is 0.581. The summed E-state index contributed by atoms with van der Waals surface area (Å²) in [4.78, 5) is 0. The summed E-state index contributed by atoms with van der Waals surface area (Å²) in [5, 5.41) is 8.21. The zero-order valence-electron chi connectivity index (χ0n) is 6.64. The van der Waals surface area contributed by atoms with Gasteiger partial charge in [0, 0.05) is 13.2 Å². The summed E-state index contributed by atoms with van der Waals surface area (Å²) in [6.45, 7) is 1.61. The van der Waals surface area contributed by atoms with Gasteiger partial charge < -0.3 is 9.84 Å². The van der Waals surface area contributed by atoms with Crippen molar-refractivity contribution in [1.29, 1.82) is 0 Å². The zero-order chi connectivity index (χ0) is 9.45. The van der Waals surface area contributed by atoms with E-state index in [1.165, 1.54) is 0 Å². The maximum absolute atomic E-state index is 10.2. The Hall–Kier alpha value is -0.170. The highest BCUT2D eigenvalue weighted by Crippen LogP contribution is 1.91. The molecule has 0 amide bonds. The minimum atomic E-state index is -3.85. The van der Waals surface area contributed by atoms with Gasteiger partial charge in [0.15, 0.2) is 0 Å². The van der Waals surface area contributed by atoms with Crippen molar-refractivity contribution >= 4 is 10.1 Å². The van der Waals surface area contributed by atoms with E-state index in [-0.39, 0.29) is 18.8 Å². The Morgan fingerprint density at radius 2 is 2.00 bits per heavy atom. The molecule has 0 aliphatic rings. The molecule has 73 valence electrons. The molecule has 0 aromatic heterocycles. The van der Waals surface area contributed by atoms with Gasteiger partial charge in [-0.2, -0.15) is 8.42 Å². The van der Waals surface area contributed by atoms with Crippen LogP contribution in [0.15, 0.2) is 0 Å². The molecular formula is C6H13O5S. The van der Waals surface area contributed by atoms with Crippen molar-refractivity contribution in [3.63, 3.8) is 0 Å². The molecule has 0 saturated carbocycles. The molecule has 0 aromatic rings. The standard InChI is InChI=1S/C6H13O5S/c7-3-1-4-11-5-2-6-12(8,9)10/h3,7H,1-2,4-6H2,(H,8,9,10). The van der Waals surface area contributed by atoms with Crippen molar-refractivity contribution in [2.24, 2.45) is 0 Å². The van der Waals surface area contributed by atoms with E-state index in [0.29, 0.717) is 13.0 Å². The molecule has 0 fully saturated rings. The van der Waals surface area contributed by atoms with Crippen molar-refractivity contribution < 1.29 is 22.8 Å². The van der Waals surface area contributed by atoms with Crippen LogP contribution in [0.3, 0.4) is 0 Å². The number of hydrogen-bond donors (Lipinski definition) is 2. The van der Waals surface area contributed by atoms with E-state index in [2.05, 4.69) is 0 Å². The molecule has 0 unspecified atom stereocenters. The number of aliphatic hydroxyl groups excluding tert-OH is 1. The summed E-state index contributed by atoms with van der Waals surface area (Å²) in [6, 6.07) is 0. The first kappa shape index (κ1) is 11.8. The molecule has 0 aromatic carbocycles. The van der Waals surface area contributed by atoms with Gasteiger partial charge in [-0.25, -0.2) is 0 Å². The molecule has 5 nitrogen and oxygen atoms in total. The van der Waals surface area contributed by atoms with Crippen LogP contribution in [0.1, 0.15) is 12.8 Å². The average Bonchev–Trinajstić information content (AvgIpc) is 1.94. The third-order valence-corrected chi connectivity index (χ3v) is 1.89. The minimum Gasteiger partial charge on any atom is -0.390 e. The quantitative estimate of drug-likeness (QED) is 0.450. The fraction of sp³-hybridized carbons (Fsp3) is 0.833. The van der Waals surface area contributed by atoms with E-state index in [9.17, 15) is 8.42 Å². The molecule has 0 aliphatic carbocycles. The SMILES string of the molecule is O=S(=O)(O)CCCOCC[CH]O. The Morgan fingerprint density at radius 1 is 1.33 bits per heavy atom. The topological polar surface area (TPSA) is 83.8 Å². The maximum atomic E-state index is 10.2. The summed E-state index contributed by atoms with van der Waals surface area (Å²) >= 11 is 0. The van der Waals surface area contributed by atoms with Crippen LogP contribution < -0.4 is 0 Å². The van der Waals surface area contributed by atoms with E-state index in [1.807, 2.05) is 0 Å². The van der Waals surface area contributed by atoms with Crippen LogP contribution in [0.4, 0.5) is 0 Å². The summed E-state index contributed by atoms with van der Waals surface area (Å²) in [5.74, 6) is -0.282. The average molecular weight is 197 g/mol. The van der Waals surface area contributed by atoms with Crippen molar-refractivity contribution in [3.8, 4) is 0 Å². The third-order valence-electron chi connectivity index (χ3n) is 1.08. The lowest BCUT2D eigenvalue weighted by atomic mass is 10.5. The van der Waals surface area contributed by atoms with Gasteiger partial charge in [0.25, 0.3) is 10.1 Å². The molecule has 0 aliphatic heterocycles. The molecule has 0 saturated heterocycles. The van der Waals surface area contributed by atoms with Crippen LogP contribution in [-0.2, 0) is 14.9 Å². The lowest BCUT2D eigenvalue weighted by Crippen LogP contribution is -2.07. The smallest absolute Gasteiger partial charge is 0.264 e. The van der Waals surface area contributed by atoms with Crippen LogP contribution in [0.25, 0.3) is 0 Å². The van der Waals surface area contributed by atoms with Crippen molar-refractivity contribution in [3.05, 3.63) is 6.61 Å². The van der Waals surface area contributed by atoms with Crippen molar-refractivity contribution in [2.45, 2.75) is 12.8 Å². The van der Waals surface area contributed by atoms with E-state index in [4.69, 9.17) is 14.4 Å². The van der Waals surface area contributed by atoms with Gasteiger partial charge in [0.2, 0.25) is 0 Å². The van der Waals surface area contributed by atoms with Gasteiger partial charge in [-0.15, -0.1) is 0 Å². The normalized spacial score (nSPS) is 11.8. The summed E-state index contributed by atoms with van der Waals surface area (Å²) < 4.78 is 33.5.